The molecule has 0 aromatic rings. The molecule has 1 spiro atoms. The predicted octanol–water partition coefficient (Wildman–Crippen LogP) is 0.938. The smallest absolute Gasteiger partial charge is 0.319 e. The van der Waals surface area contributed by atoms with Gasteiger partial charge in [-0.3, -0.25) is 0 Å². The van der Waals surface area contributed by atoms with E-state index in [1.165, 1.54) is 0 Å². The molecule has 2 rings (SSSR count). The summed E-state index contributed by atoms with van der Waals surface area (Å²) in [7, 11) is 3.55. The zero-order valence-electron chi connectivity index (χ0n) is 10.9. The average molecular weight is 242 g/mol. The van der Waals surface area contributed by atoms with Crippen molar-refractivity contribution in [3.8, 4) is 0 Å². The molecule has 2 fully saturated rings. The van der Waals surface area contributed by atoms with Crippen molar-refractivity contribution in [3.63, 3.8) is 0 Å². The van der Waals surface area contributed by atoms with Crippen LogP contribution in [-0.2, 0) is 9.47 Å². The molecule has 0 saturated carbocycles. The van der Waals surface area contributed by atoms with E-state index in [0.717, 1.165) is 26.1 Å². The molecule has 0 N–H and O–H groups in total. The lowest BCUT2D eigenvalue weighted by Crippen LogP contribution is -2.68. The van der Waals surface area contributed by atoms with Gasteiger partial charge in [-0.05, 0) is 13.3 Å². The number of amides is 2. The van der Waals surface area contributed by atoms with E-state index < -0.39 is 0 Å². The van der Waals surface area contributed by atoms with Crippen LogP contribution in [0.2, 0.25) is 0 Å². The van der Waals surface area contributed by atoms with Crippen LogP contribution < -0.4 is 0 Å². The van der Waals surface area contributed by atoms with E-state index in [1.54, 1.807) is 19.0 Å². The maximum atomic E-state index is 11.7. The lowest BCUT2D eigenvalue weighted by molar-refractivity contribution is -0.185. The molecule has 98 valence electrons. The molecule has 2 amide bonds. The first-order chi connectivity index (χ1) is 8.06. The molecule has 0 aromatic heterocycles. The zero-order chi connectivity index (χ0) is 12.5. The van der Waals surface area contributed by atoms with E-state index in [0.29, 0.717) is 19.2 Å². The Morgan fingerprint density at radius 2 is 2.24 bits per heavy atom. The fraction of sp³-hybridized carbons (Fsp3) is 0.917. The van der Waals surface area contributed by atoms with E-state index >= 15 is 0 Å². The molecule has 0 aromatic carbocycles. The van der Waals surface area contributed by atoms with Crippen LogP contribution in [0, 0.1) is 0 Å². The molecule has 2 saturated heterocycles. The third-order valence-corrected chi connectivity index (χ3v) is 3.46. The monoisotopic (exact) mass is 242 g/mol. The topological polar surface area (TPSA) is 42.0 Å². The van der Waals surface area contributed by atoms with Crippen LogP contribution in [0.1, 0.15) is 19.8 Å². The molecule has 0 bridgehead atoms. The van der Waals surface area contributed by atoms with Gasteiger partial charge in [0.25, 0.3) is 0 Å². The van der Waals surface area contributed by atoms with Crippen molar-refractivity contribution in [1.29, 1.82) is 0 Å². The van der Waals surface area contributed by atoms with Crippen LogP contribution in [0.3, 0.4) is 0 Å². The minimum absolute atomic E-state index is 0.0674. The normalized spacial score (nSPS) is 26.8. The molecule has 17 heavy (non-hydrogen) atoms. The molecule has 5 nitrogen and oxygen atoms in total. The SMILES string of the molecule is CCO[C@H]1CCOC2(C1)CN(C(=O)N(C)C)C2. The highest BCUT2D eigenvalue weighted by atomic mass is 16.5. The Kier molecular flexibility index (Phi) is 3.58. The van der Waals surface area contributed by atoms with Crippen molar-refractivity contribution in [2.75, 3.05) is 40.4 Å². The van der Waals surface area contributed by atoms with E-state index in [4.69, 9.17) is 9.47 Å². The van der Waals surface area contributed by atoms with Gasteiger partial charge < -0.3 is 19.3 Å². The highest BCUT2D eigenvalue weighted by molar-refractivity contribution is 5.75. The van der Waals surface area contributed by atoms with Crippen LogP contribution in [0.15, 0.2) is 0 Å². The Hall–Kier alpha value is -0.810. The third-order valence-electron chi connectivity index (χ3n) is 3.46. The van der Waals surface area contributed by atoms with Gasteiger partial charge in [0.05, 0.1) is 19.2 Å². The van der Waals surface area contributed by atoms with Crippen LogP contribution >= 0.6 is 0 Å². The summed E-state index contributed by atoms with van der Waals surface area (Å²) >= 11 is 0. The number of hydrogen-bond acceptors (Lipinski definition) is 3. The Morgan fingerprint density at radius 3 is 2.82 bits per heavy atom. The second-order valence-corrected chi connectivity index (χ2v) is 5.13. The number of carbonyl (C=O) groups excluding carboxylic acids is 1. The summed E-state index contributed by atoms with van der Waals surface area (Å²) in [5.74, 6) is 0. The molecule has 2 aliphatic heterocycles. The lowest BCUT2D eigenvalue weighted by atomic mass is 9.85. The number of carbonyl (C=O) groups is 1. The predicted molar refractivity (Wildman–Crippen MR) is 64.0 cm³/mol. The molecule has 5 heteroatoms. The molecule has 0 aliphatic carbocycles. The number of likely N-dealkylation sites (tertiary alicyclic amines) is 1. The molecular weight excluding hydrogens is 220 g/mol. The van der Waals surface area contributed by atoms with Gasteiger partial charge in [0.2, 0.25) is 0 Å². The summed E-state index contributed by atoms with van der Waals surface area (Å²) in [4.78, 5) is 15.2. The summed E-state index contributed by atoms with van der Waals surface area (Å²) in [5, 5.41) is 0. The average Bonchev–Trinajstić information content (AvgIpc) is 2.25. The molecular formula is C12H22N2O3. The fourth-order valence-corrected chi connectivity index (χ4v) is 2.65. The van der Waals surface area contributed by atoms with E-state index in [2.05, 4.69) is 0 Å². The van der Waals surface area contributed by atoms with Gasteiger partial charge in [0, 0.05) is 33.7 Å². The minimum atomic E-state index is -0.135. The number of urea groups is 1. The summed E-state index contributed by atoms with van der Waals surface area (Å²) in [6, 6.07) is 0.0674. The second kappa shape index (κ2) is 4.82. The van der Waals surface area contributed by atoms with Crippen molar-refractivity contribution in [2.24, 2.45) is 0 Å². The molecule has 2 aliphatic rings. The molecule has 0 radical (unpaired) electrons. The first-order valence-electron chi connectivity index (χ1n) is 6.28. The van der Waals surface area contributed by atoms with Crippen molar-refractivity contribution in [2.45, 2.75) is 31.5 Å². The highest BCUT2D eigenvalue weighted by Crippen LogP contribution is 2.35. The van der Waals surface area contributed by atoms with Crippen LogP contribution in [-0.4, -0.2) is 67.9 Å². The number of hydrogen-bond donors (Lipinski definition) is 0. The van der Waals surface area contributed by atoms with Crippen LogP contribution in [0.5, 0.6) is 0 Å². The van der Waals surface area contributed by atoms with Gasteiger partial charge in [-0.2, -0.15) is 0 Å². The third kappa shape index (κ3) is 2.55. The van der Waals surface area contributed by atoms with Crippen LogP contribution in [0.4, 0.5) is 4.79 Å². The van der Waals surface area contributed by atoms with Crippen molar-refractivity contribution in [1.82, 2.24) is 9.80 Å². The standard InChI is InChI=1S/C12H22N2O3/c1-4-16-10-5-6-17-12(7-10)8-14(9-12)11(15)13(2)3/h10H,4-9H2,1-3H3/t10-/m0/s1. The number of nitrogens with zero attached hydrogens (tertiary/aromatic N) is 2. The summed E-state index contributed by atoms with van der Waals surface area (Å²) in [6.45, 7) is 4.92. The molecule has 0 unspecified atom stereocenters. The number of ether oxygens (including phenoxy) is 2. The molecule has 2 heterocycles. The summed E-state index contributed by atoms with van der Waals surface area (Å²) < 4.78 is 11.5. The first kappa shape index (κ1) is 12.6. The maximum absolute atomic E-state index is 11.7. The van der Waals surface area contributed by atoms with Crippen LogP contribution in [0.25, 0.3) is 0 Å². The highest BCUT2D eigenvalue weighted by Gasteiger charge is 2.49. The van der Waals surface area contributed by atoms with E-state index in [1.807, 2.05) is 11.8 Å². The summed E-state index contributed by atoms with van der Waals surface area (Å²) in [6.07, 6.45) is 2.18. The van der Waals surface area contributed by atoms with E-state index in [-0.39, 0.29) is 11.6 Å². The molecule has 1 atom stereocenters. The van der Waals surface area contributed by atoms with Gasteiger partial charge in [0.15, 0.2) is 0 Å². The summed E-state index contributed by atoms with van der Waals surface area (Å²) in [5.41, 5.74) is -0.135. The Morgan fingerprint density at radius 1 is 1.53 bits per heavy atom. The quantitative estimate of drug-likeness (QED) is 0.723. The largest absolute Gasteiger partial charge is 0.378 e. The Bertz CT molecular complexity index is 285. The zero-order valence-corrected chi connectivity index (χ0v) is 10.9. The van der Waals surface area contributed by atoms with Gasteiger partial charge in [-0.25, -0.2) is 4.79 Å². The Balaban J connectivity index is 1.85. The Labute approximate surface area is 103 Å². The van der Waals surface area contributed by atoms with Crippen molar-refractivity contribution < 1.29 is 14.3 Å². The second-order valence-electron chi connectivity index (χ2n) is 5.13. The van der Waals surface area contributed by atoms with Gasteiger partial charge in [-0.1, -0.05) is 0 Å². The fourth-order valence-electron chi connectivity index (χ4n) is 2.65. The van der Waals surface area contributed by atoms with Gasteiger partial charge >= 0.3 is 6.03 Å². The van der Waals surface area contributed by atoms with Gasteiger partial charge in [-0.15, -0.1) is 0 Å². The lowest BCUT2D eigenvalue weighted by Gasteiger charge is -2.53. The van der Waals surface area contributed by atoms with Crippen molar-refractivity contribution >= 4 is 6.03 Å². The minimum Gasteiger partial charge on any atom is -0.378 e. The number of rotatable bonds is 2. The van der Waals surface area contributed by atoms with Gasteiger partial charge in [0.1, 0.15) is 5.60 Å². The maximum Gasteiger partial charge on any atom is 0.319 e. The van der Waals surface area contributed by atoms with E-state index in [9.17, 15) is 4.79 Å². The van der Waals surface area contributed by atoms with Crippen molar-refractivity contribution in [3.05, 3.63) is 0 Å². The first-order valence-corrected chi connectivity index (χ1v) is 6.28.